The first-order valence-electron chi connectivity index (χ1n) is 11.6. The third-order valence-electron chi connectivity index (χ3n) is 6.16. The van der Waals surface area contributed by atoms with E-state index in [4.69, 9.17) is 11.6 Å². The topological polar surface area (TPSA) is 78.5 Å². The largest absolute Gasteiger partial charge is 0.417 e. The number of carbonyl (C=O) groups is 1. The summed E-state index contributed by atoms with van der Waals surface area (Å²) in [6.07, 6.45) is -3.29. The fraction of sp³-hybridized carbons (Fsp3) is 0.269. The molecule has 0 atom stereocenters. The standard InChI is InChI=1S/C26H25ClF3N3O3S/c27-24-11-8-21(16-23(24)26(28,29)30)32-37(35,36)22-9-6-20(7-10-22)31-25(34)19-12-14-33(15-13-19)17-18-4-2-1-3-5-18/h1-11,16,19,32H,12-15,17H2,(H,31,34). The highest BCUT2D eigenvalue weighted by molar-refractivity contribution is 7.92. The lowest BCUT2D eigenvalue weighted by Gasteiger charge is -2.31. The van der Waals surface area contributed by atoms with Crippen LogP contribution in [-0.2, 0) is 27.5 Å². The van der Waals surface area contributed by atoms with Crippen molar-refractivity contribution in [2.24, 2.45) is 5.92 Å². The first-order valence-corrected chi connectivity index (χ1v) is 13.4. The van der Waals surface area contributed by atoms with Crippen molar-refractivity contribution in [3.63, 3.8) is 0 Å². The fourth-order valence-corrected chi connectivity index (χ4v) is 5.45. The molecule has 0 radical (unpaired) electrons. The second kappa shape index (κ2) is 11.1. The summed E-state index contributed by atoms with van der Waals surface area (Å²) in [5.41, 5.74) is 0.249. The Hall–Kier alpha value is -3.08. The molecule has 2 N–H and O–H groups in total. The lowest BCUT2D eigenvalue weighted by Crippen LogP contribution is -2.37. The third-order valence-corrected chi connectivity index (χ3v) is 7.89. The van der Waals surface area contributed by atoms with Gasteiger partial charge in [0, 0.05) is 23.8 Å². The zero-order valence-corrected chi connectivity index (χ0v) is 21.2. The number of amides is 1. The predicted octanol–water partition coefficient (Wildman–Crippen LogP) is 6.01. The minimum absolute atomic E-state index is 0.131. The minimum atomic E-state index is -4.73. The minimum Gasteiger partial charge on any atom is -0.326 e. The number of nitrogens with zero attached hydrogens (tertiary/aromatic N) is 1. The van der Waals surface area contributed by atoms with E-state index in [-0.39, 0.29) is 22.4 Å². The molecule has 3 aromatic rings. The van der Waals surface area contributed by atoms with E-state index in [1.165, 1.54) is 29.8 Å². The number of hydrogen-bond acceptors (Lipinski definition) is 4. The fourth-order valence-electron chi connectivity index (χ4n) is 4.18. The number of sulfonamides is 1. The Morgan fingerprint density at radius 3 is 2.19 bits per heavy atom. The molecule has 0 spiro atoms. The van der Waals surface area contributed by atoms with Gasteiger partial charge in [-0.3, -0.25) is 14.4 Å². The van der Waals surface area contributed by atoms with Gasteiger partial charge in [0.05, 0.1) is 15.5 Å². The van der Waals surface area contributed by atoms with Crippen molar-refractivity contribution < 1.29 is 26.4 Å². The zero-order chi connectivity index (χ0) is 26.6. The van der Waals surface area contributed by atoms with Crippen LogP contribution in [0.15, 0.2) is 77.7 Å². The number of benzene rings is 3. The second-order valence-electron chi connectivity index (χ2n) is 8.85. The number of alkyl halides is 3. The number of nitrogens with one attached hydrogen (secondary N) is 2. The zero-order valence-electron chi connectivity index (χ0n) is 19.6. The lowest BCUT2D eigenvalue weighted by molar-refractivity contribution is -0.137. The van der Waals surface area contributed by atoms with Crippen LogP contribution in [0, 0.1) is 5.92 Å². The molecule has 3 aromatic carbocycles. The average Bonchev–Trinajstić information content (AvgIpc) is 2.86. The third kappa shape index (κ3) is 7.03. The number of halogens is 4. The summed E-state index contributed by atoms with van der Waals surface area (Å²) in [6, 6.07) is 18.3. The van der Waals surface area contributed by atoms with Crippen LogP contribution in [0.3, 0.4) is 0 Å². The van der Waals surface area contributed by atoms with Crippen LogP contribution in [0.5, 0.6) is 0 Å². The van der Waals surface area contributed by atoms with E-state index >= 15 is 0 Å². The van der Waals surface area contributed by atoms with Crippen LogP contribution >= 0.6 is 11.6 Å². The molecule has 1 aliphatic rings. The van der Waals surface area contributed by atoms with Crippen molar-refractivity contribution in [1.82, 2.24) is 4.90 Å². The molecule has 1 saturated heterocycles. The van der Waals surface area contributed by atoms with Gasteiger partial charge in [0.25, 0.3) is 10.0 Å². The summed E-state index contributed by atoms with van der Waals surface area (Å²) in [5, 5.41) is 2.29. The number of anilines is 2. The van der Waals surface area contributed by atoms with Gasteiger partial charge < -0.3 is 5.32 Å². The van der Waals surface area contributed by atoms with Gasteiger partial charge in [0.1, 0.15) is 0 Å². The van der Waals surface area contributed by atoms with Crippen LogP contribution in [-0.4, -0.2) is 32.3 Å². The number of hydrogen-bond donors (Lipinski definition) is 2. The molecule has 196 valence electrons. The van der Waals surface area contributed by atoms with Gasteiger partial charge in [-0.05, 0) is 74.0 Å². The predicted molar refractivity (Wildman–Crippen MR) is 137 cm³/mol. The molecule has 4 rings (SSSR count). The molecule has 1 amide bonds. The Morgan fingerprint density at radius 1 is 0.946 bits per heavy atom. The summed E-state index contributed by atoms with van der Waals surface area (Å²) in [6.45, 7) is 2.44. The molecule has 1 aliphatic heterocycles. The van der Waals surface area contributed by atoms with Crippen LogP contribution in [0.2, 0.25) is 5.02 Å². The van der Waals surface area contributed by atoms with Crippen molar-refractivity contribution in [2.75, 3.05) is 23.1 Å². The highest BCUT2D eigenvalue weighted by Crippen LogP contribution is 2.36. The molecule has 0 unspecified atom stereocenters. The number of likely N-dealkylation sites (tertiary alicyclic amines) is 1. The van der Waals surface area contributed by atoms with Gasteiger partial charge in [-0.25, -0.2) is 8.42 Å². The Bertz CT molecular complexity index is 1340. The molecule has 1 heterocycles. The van der Waals surface area contributed by atoms with Gasteiger partial charge in [0.15, 0.2) is 0 Å². The molecule has 0 bridgehead atoms. The van der Waals surface area contributed by atoms with Gasteiger partial charge in [0.2, 0.25) is 5.91 Å². The quantitative estimate of drug-likeness (QED) is 0.377. The van der Waals surface area contributed by atoms with Gasteiger partial charge >= 0.3 is 6.18 Å². The maximum absolute atomic E-state index is 13.1. The highest BCUT2D eigenvalue weighted by Gasteiger charge is 2.33. The van der Waals surface area contributed by atoms with Crippen molar-refractivity contribution >= 4 is 38.9 Å². The smallest absolute Gasteiger partial charge is 0.326 e. The molecular formula is C26H25ClF3N3O3S. The van der Waals surface area contributed by atoms with Crippen molar-refractivity contribution in [3.05, 3.63) is 88.9 Å². The van der Waals surface area contributed by atoms with Crippen molar-refractivity contribution in [2.45, 2.75) is 30.5 Å². The lowest BCUT2D eigenvalue weighted by atomic mass is 9.95. The van der Waals surface area contributed by atoms with Crippen LogP contribution in [0.1, 0.15) is 24.0 Å². The second-order valence-corrected chi connectivity index (χ2v) is 10.9. The first kappa shape index (κ1) is 27.0. The number of piperidine rings is 1. The number of carbonyl (C=O) groups excluding carboxylic acids is 1. The molecule has 6 nitrogen and oxygen atoms in total. The Kier molecular flexibility index (Phi) is 8.11. The van der Waals surface area contributed by atoms with Gasteiger partial charge in [-0.2, -0.15) is 13.2 Å². The van der Waals surface area contributed by atoms with E-state index < -0.39 is 26.8 Å². The summed E-state index contributed by atoms with van der Waals surface area (Å²) < 4.78 is 66.7. The maximum Gasteiger partial charge on any atom is 0.417 e. The van der Waals surface area contributed by atoms with E-state index in [1.54, 1.807) is 0 Å². The molecule has 0 aliphatic carbocycles. The van der Waals surface area contributed by atoms with Crippen LogP contribution in [0.25, 0.3) is 0 Å². The molecular weight excluding hydrogens is 527 g/mol. The van der Waals surface area contributed by atoms with Crippen LogP contribution < -0.4 is 10.0 Å². The monoisotopic (exact) mass is 551 g/mol. The molecule has 0 aromatic heterocycles. The SMILES string of the molecule is O=C(Nc1ccc(S(=O)(=O)Nc2ccc(Cl)c(C(F)(F)F)c2)cc1)C1CCN(Cc2ccccc2)CC1. The van der Waals surface area contributed by atoms with E-state index in [0.717, 1.165) is 44.6 Å². The van der Waals surface area contributed by atoms with Crippen molar-refractivity contribution in [3.8, 4) is 0 Å². The molecule has 0 saturated carbocycles. The van der Waals surface area contributed by atoms with Gasteiger partial charge in [-0.1, -0.05) is 41.9 Å². The Labute approximate surface area is 218 Å². The summed E-state index contributed by atoms with van der Waals surface area (Å²) in [5.74, 6) is -0.279. The first-order chi connectivity index (χ1) is 17.5. The van der Waals surface area contributed by atoms with E-state index in [1.807, 2.05) is 18.2 Å². The van der Waals surface area contributed by atoms with E-state index in [9.17, 15) is 26.4 Å². The van der Waals surface area contributed by atoms with E-state index in [2.05, 4.69) is 27.1 Å². The molecule has 1 fully saturated rings. The molecule has 37 heavy (non-hydrogen) atoms. The molecule has 11 heteroatoms. The number of rotatable bonds is 7. The summed E-state index contributed by atoms with van der Waals surface area (Å²) in [4.78, 5) is 14.9. The van der Waals surface area contributed by atoms with E-state index in [0.29, 0.717) is 11.8 Å². The summed E-state index contributed by atoms with van der Waals surface area (Å²) in [7, 11) is -4.16. The Balaban J connectivity index is 1.33. The average molecular weight is 552 g/mol. The highest BCUT2D eigenvalue weighted by atomic mass is 35.5. The van der Waals surface area contributed by atoms with Gasteiger partial charge in [-0.15, -0.1) is 0 Å². The maximum atomic E-state index is 13.1. The Morgan fingerprint density at radius 2 is 1.57 bits per heavy atom. The normalized spacial score (nSPS) is 15.4. The van der Waals surface area contributed by atoms with Crippen molar-refractivity contribution in [1.29, 1.82) is 0 Å². The summed E-state index contributed by atoms with van der Waals surface area (Å²) >= 11 is 5.59. The van der Waals surface area contributed by atoms with Crippen LogP contribution in [0.4, 0.5) is 24.5 Å².